The van der Waals surface area contributed by atoms with Gasteiger partial charge in [-0.15, -0.1) is 12.4 Å². The molecule has 156 valence electrons. The van der Waals surface area contributed by atoms with E-state index >= 15 is 0 Å². The SMILES string of the molecule is Cl.O=C(O)C1CCN(CCCCN2c3ccccc3CCc3ccccc32)CC1. The molecule has 0 amide bonds. The molecule has 2 heterocycles. The number of nitrogens with zero attached hydrogens (tertiary/aromatic N) is 2. The smallest absolute Gasteiger partial charge is 0.306 e. The first kappa shape index (κ1) is 21.7. The fourth-order valence-electron chi connectivity index (χ4n) is 4.62. The Kier molecular flexibility index (Phi) is 7.57. The molecular formula is C24H31ClN2O2. The van der Waals surface area contributed by atoms with Crippen LogP contribution in [0.15, 0.2) is 48.5 Å². The van der Waals surface area contributed by atoms with Gasteiger partial charge in [0, 0.05) is 17.9 Å². The van der Waals surface area contributed by atoms with Gasteiger partial charge < -0.3 is 14.9 Å². The Morgan fingerprint density at radius 3 is 1.93 bits per heavy atom. The van der Waals surface area contributed by atoms with Crippen LogP contribution in [-0.4, -0.2) is 42.2 Å². The average Bonchev–Trinajstić information content (AvgIpc) is 2.89. The fraction of sp³-hybridized carbons (Fsp3) is 0.458. The predicted molar refractivity (Wildman–Crippen MR) is 121 cm³/mol. The van der Waals surface area contributed by atoms with E-state index in [1.54, 1.807) is 0 Å². The van der Waals surface area contributed by atoms with Crippen LogP contribution < -0.4 is 4.90 Å². The number of anilines is 2. The van der Waals surface area contributed by atoms with Crippen LogP contribution >= 0.6 is 12.4 Å². The number of benzene rings is 2. The molecule has 2 aromatic rings. The lowest BCUT2D eigenvalue weighted by molar-refractivity contribution is -0.143. The first-order valence-electron chi connectivity index (χ1n) is 10.6. The largest absolute Gasteiger partial charge is 0.481 e. The Labute approximate surface area is 179 Å². The highest BCUT2D eigenvalue weighted by Crippen LogP contribution is 2.36. The summed E-state index contributed by atoms with van der Waals surface area (Å²) in [4.78, 5) is 16.0. The molecule has 5 heteroatoms. The minimum absolute atomic E-state index is 0. The van der Waals surface area contributed by atoms with Crippen LogP contribution in [0.4, 0.5) is 11.4 Å². The number of carboxylic acids is 1. The van der Waals surface area contributed by atoms with E-state index in [9.17, 15) is 4.79 Å². The zero-order chi connectivity index (χ0) is 19.3. The summed E-state index contributed by atoms with van der Waals surface area (Å²) in [5.74, 6) is -0.764. The van der Waals surface area contributed by atoms with E-state index < -0.39 is 5.97 Å². The molecule has 2 aliphatic heterocycles. The van der Waals surface area contributed by atoms with Gasteiger partial charge >= 0.3 is 5.97 Å². The summed E-state index contributed by atoms with van der Waals surface area (Å²) in [6.07, 6.45) is 6.08. The molecule has 4 nitrogen and oxygen atoms in total. The number of likely N-dealkylation sites (tertiary alicyclic amines) is 1. The molecule has 0 spiro atoms. The third-order valence-corrected chi connectivity index (χ3v) is 6.27. The van der Waals surface area contributed by atoms with Crippen molar-refractivity contribution < 1.29 is 9.90 Å². The monoisotopic (exact) mass is 414 g/mol. The number of halogens is 1. The second-order valence-corrected chi connectivity index (χ2v) is 8.07. The number of hydrogen-bond donors (Lipinski definition) is 1. The molecule has 2 aromatic carbocycles. The second-order valence-electron chi connectivity index (χ2n) is 8.07. The van der Waals surface area contributed by atoms with Gasteiger partial charge in [0.2, 0.25) is 0 Å². The molecule has 0 aromatic heterocycles. The molecule has 29 heavy (non-hydrogen) atoms. The Balaban J connectivity index is 0.00000240. The fourth-order valence-corrected chi connectivity index (χ4v) is 4.62. The molecular weight excluding hydrogens is 384 g/mol. The average molecular weight is 415 g/mol. The highest BCUT2D eigenvalue weighted by Gasteiger charge is 2.24. The van der Waals surface area contributed by atoms with Crippen LogP contribution in [0.2, 0.25) is 0 Å². The number of aliphatic carboxylic acids is 1. The van der Waals surface area contributed by atoms with E-state index in [0.29, 0.717) is 0 Å². The first-order valence-corrected chi connectivity index (χ1v) is 10.6. The number of rotatable bonds is 6. The van der Waals surface area contributed by atoms with Gasteiger partial charge in [0.15, 0.2) is 0 Å². The molecule has 0 bridgehead atoms. The van der Waals surface area contributed by atoms with Crippen molar-refractivity contribution in [1.29, 1.82) is 0 Å². The second kappa shape index (κ2) is 10.1. The van der Waals surface area contributed by atoms with Gasteiger partial charge in [-0.3, -0.25) is 4.79 Å². The van der Waals surface area contributed by atoms with E-state index in [0.717, 1.165) is 64.7 Å². The van der Waals surface area contributed by atoms with Crippen molar-refractivity contribution in [3.63, 3.8) is 0 Å². The van der Waals surface area contributed by atoms with Crippen LogP contribution in [0.1, 0.15) is 36.8 Å². The summed E-state index contributed by atoms with van der Waals surface area (Å²) in [5.41, 5.74) is 5.59. The molecule has 0 radical (unpaired) electrons. The maximum atomic E-state index is 11.1. The van der Waals surface area contributed by atoms with Crippen molar-refractivity contribution in [2.75, 3.05) is 31.1 Å². The number of fused-ring (bicyclic) bond motifs is 2. The normalized spacial score (nSPS) is 17.0. The summed E-state index contributed by atoms with van der Waals surface area (Å²) < 4.78 is 0. The van der Waals surface area contributed by atoms with Gasteiger partial charge in [0.25, 0.3) is 0 Å². The quantitative estimate of drug-likeness (QED) is 0.681. The molecule has 1 fully saturated rings. The van der Waals surface area contributed by atoms with Gasteiger partial charge in [-0.05, 0) is 81.4 Å². The van der Waals surface area contributed by atoms with Crippen LogP contribution in [0.5, 0.6) is 0 Å². The van der Waals surface area contributed by atoms with Crippen molar-refractivity contribution in [3.05, 3.63) is 59.7 Å². The van der Waals surface area contributed by atoms with Gasteiger partial charge in [0.1, 0.15) is 0 Å². The molecule has 1 N–H and O–H groups in total. The lowest BCUT2D eigenvalue weighted by atomic mass is 9.97. The number of piperidine rings is 1. The van der Waals surface area contributed by atoms with Gasteiger partial charge in [0.05, 0.1) is 5.92 Å². The number of carboxylic acid groups (broad SMARTS) is 1. The van der Waals surface area contributed by atoms with Gasteiger partial charge in [-0.2, -0.15) is 0 Å². The van der Waals surface area contributed by atoms with Gasteiger partial charge in [-0.1, -0.05) is 36.4 Å². The highest BCUT2D eigenvalue weighted by atomic mass is 35.5. The summed E-state index contributed by atoms with van der Waals surface area (Å²) in [7, 11) is 0. The summed E-state index contributed by atoms with van der Waals surface area (Å²) in [5, 5.41) is 9.14. The Hall–Kier alpha value is -2.04. The summed E-state index contributed by atoms with van der Waals surface area (Å²) in [6.45, 7) is 3.95. The van der Waals surface area contributed by atoms with Crippen LogP contribution in [0.3, 0.4) is 0 Å². The Morgan fingerprint density at radius 1 is 0.862 bits per heavy atom. The van der Waals surface area contributed by atoms with Crippen LogP contribution in [-0.2, 0) is 17.6 Å². The standard InChI is InChI=1S/C24H30N2O2.ClH/c27-24(28)21-13-17-25(18-14-21)15-5-6-16-26-22-9-3-1-7-19(22)11-12-20-8-2-4-10-23(20)26;/h1-4,7-10,21H,5-6,11-18H2,(H,27,28);1H. The third kappa shape index (κ3) is 5.12. The van der Waals surface area contributed by atoms with E-state index in [-0.39, 0.29) is 18.3 Å². The molecule has 0 saturated carbocycles. The summed E-state index contributed by atoms with van der Waals surface area (Å²) >= 11 is 0. The van der Waals surface area contributed by atoms with Crippen molar-refractivity contribution in [2.24, 2.45) is 5.92 Å². The molecule has 1 saturated heterocycles. The third-order valence-electron chi connectivity index (χ3n) is 6.27. The maximum Gasteiger partial charge on any atom is 0.306 e. The van der Waals surface area contributed by atoms with Crippen molar-refractivity contribution >= 4 is 29.8 Å². The molecule has 0 aliphatic carbocycles. The molecule has 0 unspecified atom stereocenters. The number of para-hydroxylation sites is 2. The number of carbonyl (C=O) groups is 1. The van der Waals surface area contributed by atoms with Crippen molar-refractivity contribution in [2.45, 2.75) is 38.5 Å². The lowest BCUT2D eigenvalue weighted by Crippen LogP contribution is -2.37. The topological polar surface area (TPSA) is 43.8 Å². The van der Waals surface area contributed by atoms with Crippen molar-refractivity contribution in [1.82, 2.24) is 4.90 Å². The molecule has 4 rings (SSSR count). The zero-order valence-electron chi connectivity index (χ0n) is 16.9. The van der Waals surface area contributed by atoms with Gasteiger partial charge in [-0.25, -0.2) is 0 Å². The minimum Gasteiger partial charge on any atom is -0.481 e. The van der Waals surface area contributed by atoms with Crippen LogP contribution in [0, 0.1) is 5.92 Å². The Bertz CT molecular complexity index is 771. The number of aryl methyl sites for hydroxylation is 2. The molecule has 2 aliphatic rings. The minimum atomic E-state index is -0.627. The van der Waals surface area contributed by atoms with E-state index in [2.05, 4.69) is 58.3 Å². The Morgan fingerprint density at radius 2 is 1.38 bits per heavy atom. The number of unbranched alkanes of at least 4 members (excludes halogenated alkanes) is 1. The highest BCUT2D eigenvalue weighted by molar-refractivity contribution is 5.85. The zero-order valence-corrected chi connectivity index (χ0v) is 17.7. The molecule has 0 atom stereocenters. The predicted octanol–water partition coefficient (Wildman–Crippen LogP) is 4.92. The summed E-state index contributed by atoms with van der Waals surface area (Å²) in [6, 6.07) is 17.6. The van der Waals surface area contributed by atoms with Crippen LogP contribution in [0.25, 0.3) is 0 Å². The van der Waals surface area contributed by atoms with E-state index in [4.69, 9.17) is 5.11 Å². The van der Waals surface area contributed by atoms with E-state index in [1.807, 2.05) is 0 Å². The maximum absolute atomic E-state index is 11.1. The van der Waals surface area contributed by atoms with Crippen molar-refractivity contribution in [3.8, 4) is 0 Å². The first-order chi connectivity index (χ1) is 13.7. The number of hydrogen-bond acceptors (Lipinski definition) is 3. The van der Waals surface area contributed by atoms with E-state index in [1.165, 1.54) is 22.5 Å². The lowest BCUT2D eigenvalue weighted by Gasteiger charge is -2.31.